The van der Waals surface area contributed by atoms with E-state index in [0.717, 1.165) is 5.56 Å². The molecule has 0 aromatic heterocycles. The van der Waals surface area contributed by atoms with Crippen molar-refractivity contribution in [2.75, 3.05) is 33.0 Å². The van der Waals surface area contributed by atoms with Gasteiger partial charge in [-0.25, -0.2) is 0 Å². The van der Waals surface area contributed by atoms with Gasteiger partial charge in [0.2, 0.25) is 0 Å². The van der Waals surface area contributed by atoms with E-state index in [1.54, 1.807) is 39.8 Å². The maximum Gasteiger partial charge on any atom is 0.345 e. The number of aryl methyl sites for hydroxylation is 1. The van der Waals surface area contributed by atoms with Gasteiger partial charge in [0.05, 0.1) is 37.9 Å². The minimum atomic E-state index is -4.06. The van der Waals surface area contributed by atoms with Crippen LogP contribution in [0.2, 0.25) is 0 Å². The highest BCUT2D eigenvalue weighted by molar-refractivity contribution is 7.86. The van der Waals surface area contributed by atoms with Crippen molar-refractivity contribution in [2.24, 2.45) is 0 Å². The first-order valence-corrected chi connectivity index (χ1v) is 14.4. The second-order valence-corrected chi connectivity index (χ2v) is 12.6. The van der Waals surface area contributed by atoms with Gasteiger partial charge < -0.3 is 18.1 Å². The van der Waals surface area contributed by atoms with Crippen LogP contribution in [0.1, 0.15) is 39.7 Å². The first kappa shape index (κ1) is 27.5. The van der Waals surface area contributed by atoms with Crippen molar-refractivity contribution in [3.63, 3.8) is 0 Å². The minimum absolute atomic E-state index is 0.0137. The molecule has 0 saturated carbocycles. The summed E-state index contributed by atoms with van der Waals surface area (Å²) in [6, 6.07) is 6.16. The summed E-state index contributed by atoms with van der Waals surface area (Å²) in [5.41, 5.74) is 0.901. The molecule has 0 aliphatic heterocycles. The lowest BCUT2D eigenvalue weighted by Crippen LogP contribution is -2.20. The molecule has 1 aromatic carbocycles. The maximum atomic E-state index is 13.4. The third-order valence-electron chi connectivity index (χ3n) is 3.89. The summed E-state index contributed by atoms with van der Waals surface area (Å²) in [5, 5.41) is -1.34. The molecule has 0 amide bonds. The van der Waals surface area contributed by atoms with Crippen molar-refractivity contribution < 1.29 is 39.8 Å². The summed E-state index contributed by atoms with van der Waals surface area (Å²) in [6.07, 6.45) is -0.236. The minimum Gasteiger partial charge on any atom is -0.308 e. The molecular weight excluding hydrogens is 454 g/mol. The largest absolute Gasteiger partial charge is 0.345 e. The quantitative estimate of drug-likeness (QED) is 0.251. The van der Waals surface area contributed by atoms with Crippen LogP contribution in [-0.4, -0.2) is 46.9 Å². The van der Waals surface area contributed by atoms with E-state index in [-0.39, 0.29) is 37.7 Å². The van der Waals surface area contributed by atoms with Gasteiger partial charge in [-0.1, -0.05) is 17.7 Å². The van der Waals surface area contributed by atoms with Gasteiger partial charge in [-0.15, -0.1) is 0 Å². The van der Waals surface area contributed by atoms with Gasteiger partial charge in [0.1, 0.15) is 0 Å². The van der Waals surface area contributed by atoms with Gasteiger partial charge in [-0.05, 0) is 53.2 Å². The van der Waals surface area contributed by atoms with Crippen molar-refractivity contribution in [1.29, 1.82) is 0 Å². The second-order valence-electron chi connectivity index (χ2n) is 6.11. The molecule has 0 aliphatic carbocycles. The molecule has 0 fully saturated rings. The summed E-state index contributed by atoms with van der Waals surface area (Å²) < 4.78 is 78.2. The fourth-order valence-corrected chi connectivity index (χ4v) is 8.89. The molecule has 0 aliphatic rings. The molecule has 0 radical (unpaired) electrons. The van der Waals surface area contributed by atoms with Crippen molar-refractivity contribution in [3.05, 3.63) is 29.8 Å². The van der Waals surface area contributed by atoms with Crippen LogP contribution in [0, 0.1) is 6.92 Å². The van der Waals surface area contributed by atoms with Crippen LogP contribution in [0.15, 0.2) is 29.2 Å². The third-order valence-corrected chi connectivity index (χ3v) is 11.4. The summed E-state index contributed by atoms with van der Waals surface area (Å²) in [7, 11) is -12.0. The Kier molecular flexibility index (Phi) is 11.4. The smallest absolute Gasteiger partial charge is 0.308 e. The van der Waals surface area contributed by atoms with Crippen LogP contribution in [0.5, 0.6) is 0 Å². The Labute approximate surface area is 179 Å². The molecule has 0 bridgehead atoms. The van der Waals surface area contributed by atoms with Gasteiger partial charge in [0, 0.05) is 0 Å². The molecule has 1 aromatic rings. The normalized spacial score (nSPS) is 13.1. The molecule has 0 atom stereocenters. The molecule has 9 nitrogen and oxygen atoms in total. The standard InChI is InChI=1S/C18H32O9P2S/c1-6-23-28(19,24-7-2)18(29(20,25-8-3)26-9-4)14-15-27-30(21,22)17-12-10-16(5)11-13-17/h10-13,18H,6-9,14-15H2,1-5H3. The summed E-state index contributed by atoms with van der Waals surface area (Å²) in [5.74, 6) is 0. The third kappa shape index (κ3) is 7.53. The Bertz CT molecular complexity index is 790. The van der Waals surface area contributed by atoms with Gasteiger partial charge in [-0.2, -0.15) is 8.42 Å². The Morgan fingerprint density at radius 2 is 1.20 bits per heavy atom. The summed E-state index contributed by atoms with van der Waals surface area (Å²) in [6.45, 7) is 8.04. The lowest BCUT2D eigenvalue weighted by Gasteiger charge is -2.31. The van der Waals surface area contributed by atoms with Crippen LogP contribution in [0.3, 0.4) is 0 Å². The first-order chi connectivity index (χ1) is 14.1. The van der Waals surface area contributed by atoms with Crippen LogP contribution in [0.25, 0.3) is 0 Å². The molecule has 12 heteroatoms. The fraction of sp³-hybridized carbons (Fsp3) is 0.667. The average Bonchev–Trinajstić information content (AvgIpc) is 2.66. The van der Waals surface area contributed by atoms with Gasteiger partial charge in [0.15, 0.2) is 5.40 Å². The molecule has 0 unspecified atom stereocenters. The molecule has 174 valence electrons. The van der Waals surface area contributed by atoms with Crippen molar-refractivity contribution in [1.82, 2.24) is 0 Å². The molecule has 0 N–H and O–H groups in total. The van der Waals surface area contributed by atoms with Crippen molar-refractivity contribution in [2.45, 2.75) is 51.3 Å². The fourth-order valence-electron chi connectivity index (χ4n) is 2.66. The van der Waals surface area contributed by atoms with Crippen LogP contribution >= 0.6 is 15.2 Å². The van der Waals surface area contributed by atoms with Crippen LogP contribution in [0.4, 0.5) is 0 Å². The van der Waals surface area contributed by atoms with E-state index in [0.29, 0.717) is 0 Å². The topological polar surface area (TPSA) is 114 Å². The zero-order valence-electron chi connectivity index (χ0n) is 18.1. The Morgan fingerprint density at radius 3 is 1.57 bits per heavy atom. The highest BCUT2D eigenvalue weighted by Crippen LogP contribution is 2.71. The lowest BCUT2D eigenvalue weighted by molar-refractivity contribution is 0.189. The Morgan fingerprint density at radius 1 is 0.800 bits per heavy atom. The van der Waals surface area contributed by atoms with Crippen LogP contribution < -0.4 is 0 Å². The molecule has 0 heterocycles. The monoisotopic (exact) mass is 486 g/mol. The van der Waals surface area contributed by atoms with E-state index < -0.39 is 37.3 Å². The van der Waals surface area contributed by atoms with Gasteiger partial charge >= 0.3 is 15.2 Å². The van der Waals surface area contributed by atoms with E-state index in [4.69, 9.17) is 22.3 Å². The van der Waals surface area contributed by atoms with Crippen molar-refractivity contribution in [3.8, 4) is 0 Å². The zero-order valence-corrected chi connectivity index (χ0v) is 20.7. The van der Waals surface area contributed by atoms with E-state index in [1.165, 1.54) is 12.1 Å². The van der Waals surface area contributed by atoms with E-state index in [2.05, 4.69) is 0 Å². The Balaban J connectivity index is 3.14. The highest BCUT2D eigenvalue weighted by Gasteiger charge is 2.50. The van der Waals surface area contributed by atoms with E-state index in [1.807, 2.05) is 6.92 Å². The maximum absolute atomic E-state index is 13.4. The molecular formula is C18H32O9P2S. The zero-order chi connectivity index (χ0) is 22.8. The number of benzene rings is 1. The van der Waals surface area contributed by atoms with Gasteiger partial charge in [-0.3, -0.25) is 13.3 Å². The highest BCUT2D eigenvalue weighted by atomic mass is 32.2. The molecule has 0 spiro atoms. The number of rotatable bonds is 15. The molecule has 0 saturated heterocycles. The molecule has 1 rings (SSSR count). The number of hydrogen-bond acceptors (Lipinski definition) is 9. The predicted octanol–water partition coefficient (Wildman–Crippen LogP) is 4.95. The number of hydrogen-bond donors (Lipinski definition) is 0. The first-order valence-electron chi connectivity index (χ1n) is 9.82. The van der Waals surface area contributed by atoms with Crippen LogP contribution in [-0.2, 0) is 41.5 Å². The second kappa shape index (κ2) is 12.5. The van der Waals surface area contributed by atoms with E-state index >= 15 is 0 Å². The average molecular weight is 486 g/mol. The Hall–Kier alpha value is -0.570. The molecule has 30 heavy (non-hydrogen) atoms. The predicted molar refractivity (Wildman–Crippen MR) is 114 cm³/mol. The summed E-state index contributed by atoms with van der Waals surface area (Å²) >= 11 is 0. The summed E-state index contributed by atoms with van der Waals surface area (Å²) in [4.78, 5) is -0.0137. The van der Waals surface area contributed by atoms with E-state index in [9.17, 15) is 17.5 Å². The SMILES string of the molecule is CCOP(=O)(OCC)C(CCOS(=O)(=O)c1ccc(C)cc1)P(=O)(OCC)OCC. The lowest BCUT2D eigenvalue weighted by atomic mass is 10.2. The van der Waals surface area contributed by atoms with Gasteiger partial charge in [0.25, 0.3) is 10.1 Å². The van der Waals surface area contributed by atoms with Crippen molar-refractivity contribution >= 4 is 25.3 Å².